The zero-order valence-corrected chi connectivity index (χ0v) is 9.63. The summed E-state index contributed by atoms with van der Waals surface area (Å²) in [5.74, 6) is 0. The second-order valence-electron chi connectivity index (χ2n) is 3.39. The Morgan fingerprint density at radius 2 is 1.60 bits per heavy atom. The summed E-state index contributed by atoms with van der Waals surface area (Å²) in [5, 5.41) is 0. The van der Waals surface area contributed by atoms with Crippen LogP contribution in [0.25, 0.3) is 0 Å². The summed E-state index contributed by atoms with van der Waals surface area (Å²) in [6.07, 6.45) is 11.6. The van der Waals surface area contributed by atoms with Crippen molar-refractivity contribution in [2.24, 2.45) is 0 Å². The molecular weight excluding hydrogens is 180 g/mol. The van der Waals surface area contributed by atoms with E-state index in [0.717, 1.165) is 29.6 Å². The molecule has 0 radical (unpaired) electrons. The van der Waals surface area contributed by atoms with Crippen molar-refractivity contribution in [1.82, 2.24) is 0 Å². The maximum atomic E-state index is 3.95. The molecule has 0 heterocycles. The van der Waals surface area contributed by atoms with Crippen LogP contribution in [0.4, 0.5) is 0 Å². The van der Waals surface area contributed by atoms with Gasteiger partial charge >= 0.3 is 0 Å². The highest BCUT2D eigenvalue weighted by atomic mass is 14.0. The molecule has 0 atom stereocenters. The van der Waals surface area contributed by atoms with Gasteiger partial charge < -0.3 is 0 Å². The second kappa shape index (κ2) is 7.81. The van der Waals surface area contributed by atoms with Crippen LogP contribution < -0.4 is 0 Å². The first-order chi connectivity index (χ1) is 7.11. The molecule has 80 valence electrons. The van der Waals surface area contributed by atoms with Crippen LogP contribution in [-0.4, -0.2) is 0 Å². The molecule has 0 aliphatic rings. The lowest BCUT2D eigenvalue weighted by Crippen LogP contribution is -1.79. The molecule has 0 saturated carbocycles. The molecule has 0 rings (SSSR count). The minimum Gasteiger partial charge on any atom is -0.0991 e. The third-order valence-electron chi connectivity index (χ3n) is 1.94. The minimum absolute atomic E-state index is 0.899. The predicted molar refractivity (Wildman–Crippen MR) is 70.8 cm³/mol. The van der Waals surface area contributed by atoms with E-state index in [1.54, 1.807) is 6.08 Å². The zero-order chi connectivity index (χ0) is 11.7. The third-order valence-corrected chi connectivity index (χ3v) is 1.94. The van der Waals surface area contributed by atoms with Crippen molar-refractivity contribution in [2.75, 3.05) is 0 Å². The van der Waals surface area contributed by atoms with Gasteiger partial charge in [-0.05, 0) is 17.6 Å². The van der Waals surface area contributed by atoms with E-state index in [9.17, 15) is 0 Å². The SMILES string of the molecule is C=C/C=C\C(=C)C(=C)/C=C\C(=C)CCC. The van der Waals surface area contributed by atoms with E-state index in [1.807, 2.05) is 24.3 Å². The van der Waals surface area contributed by atoms with Crippen LogP contribution in [0.3, 0.4) is 0 Å². The number of rotatable bonds is 7. The molecule has 0 aliphatic carbocycles. The highest BCUT2D eigenvalue weighted by molar-refractivity contribution is 5.44. The van der Waals surface area contributed by atoms with E-state index in [0.29, 0.717) is 0 Å². The summed E-state index contributed by atoms with van der Waals surface area (Å²) in [4.78, 5) is 0. The molecule has 0 bridgehead atoms. The van der Waals surface area contributed by atoms with Crippen molar-refractivity contribution in [3.05, 3.63) is 73.4 Å². The molecule has 0 aromatic heterocycles. The van der Waals surface area contributed by atoms with Crippen molar-refractivity contribution in [2.45, 2.75) is 19.8 Å². The monoisotopic (exact) mass is 200 g/mol. The molecule has 0 aliphatic heterocycles. The first-order valence-electron chi connectivity index (χ1n) is 5.15. The quantitative estimate of drug-likeness (QED) is 0.520. The number of allylic oxidation sites excluding steroid dienone is 8. The lowest BCUT2D eigenvalue weighted by atomic mass is 10.1. The van der Waals surface area contributed by atoms with E-state index in [1.165, 1.54) is 0 Å². The highest BCUT2D eigenvalue weighted by Gasteiger charge is 1.91. The Labute approximate surface area is 93.7 Å². The van der Waals surface area contributed by atoms with Gasteiger partial charge in [-0.2, -0.15) is 0 Å². The smallest absolute Gasteiger partial charge is 0.0262 e. The molecule has 0 heteroatoms. The van der Waals surface area contributed by atoms with Crippen LogP contribution in [0.15, 0.2) is 73.4 Å². The largest absolute Gasteiger partial charge is 0.0991 e. The third kappa shape index (κ3) is 6.50. The van der Waals surface area contributed by atoms with Crippen molar-refractivity contribution in [3.63, 3.8) is 0 Å². The predicted octanol–water partition coefficient (Wildman–Crippen LogP) is 4.75. The van der Waals surface area contributed by atoms with E-state index >= 15 is 0 Å². The van der Waals surface area contributed by atoms with Gasteiger partial charge in [0.1, 0.15) is 0 Å². The summed E-state index contributed by atoms with van der Waals surface area (Å²) in [6.45, 7) is 17.5. The molecule has 0 N–H and O–H groups in total. The molecule has 0 spiro atoms. The van der Waals surface area contributed by atoms with Gasteiger partial charge in [-0.25, -0.2) is 0 Å². The summed E-state index contributed by atoms with van der Waals surface area (Å²) in [7, 11) is 0. The highest BCUT2D eigenvalue weighted by Crippen LogP contribution is 2.11. The van der Waals surface area contributed by atoms with Gasteiger partial charge in [-0.1, -0.05) is 75.6 Å². The average Bonchev–Trinajstić information content (AvgIpc) is 2.22. The fourth-order valence-electron chi connectivity index (χ4n) is 1.02. The van der Waals surface area contributed by atoms with Gasteiger partial charge in [0.05, 0.1) is 0 Å². The van der Waals surface area contributed by atoms with E-state index in [2.05, 4.69) is 33.2 Å². The molecule has 0 amide bonds. The molecule has 0 fully saturated rings. The first kappa shape index (κ1) is 13.4. The van der Waals surface area contributed by atoms with Crippen molar-refractivity contribution < 1.29 is 0 Å². The molecule has 0 aromatic rings. The fraction of sp³-hybridized carbons (Fsp3) is 0.200. The normalized spacial score (nSPS) is 10.7. The van der Waals surface area contributed by atoms with E-state index < -0.39 is 0 Å². The maximum absolute atomic E-state index is 3.95. The number of hydrogen-bond acceptors (Lipinski definition) is 0. The van der Waals surface area contributed by atoms with Crippen molar-refractivity contribution in [1.29, 1.82) is 0 Å². The summed E-state index contributed by atoms with van der Waals surface area (Å²) in [5.41, 5.74) is 2.93. The van der Waals surface area contributed by atoms with Crippen LogP contribution in [0.1, 0.15) is 19.8 Å². The van der Waals surface area contributed by atoms with Crippen LogP contribution in [0, 0.1) is 0 Å². The molecular formula is C15H20. The van der Waals surface area contributed by atoms with E-state index in [4.69, 9.17) is 0 Å². The second-order valence-corrected chi connectivity index (χ2v) is 3.39. The molecule has 0 saturated heterocycles. The minimum atomic E-state index is 0.899. The van der Waals surface area contributed by atoms with Crippen LogP contribution in [-0.2, 0) is 0 Å². The Morgan fingerprint density at radius 1 is 1.00 bits per heavy atom. The Morgan fingerprint density at radius 3 is 2.13 bits per heavy atom. The average molecular weight is 200 g/mol. The lowest BCUT2D eigenvalue weighted by Gasteiger charge is -1.99. The van der Waals surface area contributed by atoms with Crippen LogP contribution in [0.5, 0.6) is 0 Å². The topological polar surface area (TPSA) is 0 Å². The van der Waals surface area contributed by atoms with Gasteiger partial charge in [0.2, 0.25) is 0 Å². The lowest BCUT2D eigenvalue weighted by molar-refractivity contribution is 0.930. The fourth-order valence-corrected chi connectivity index (χ4v) is 1.02. The maximum Gasteiger partial charge on any atom is -0.0262 e. The Kier molecular flexibility index (Phi) is 7.00. The van der Waals surface area contributed by atoms with Crippen LogP contribution in [0.2, 0.25) is 0 Å². The zero-order valence-electron chi connectivity index (χ0n) is 9.63. The number of hydrogen-bond donors (Lipinski definition) is 0. The summed E-state index contributed by atoms with van der Waals surface area (Å²) >= 11 is 0. The molecule has 0 unspecified atom stereocenters. The Hall–Kier alpha value is -1.56. The van der Waals surface area contributed by atoms with Crippen molar-refractivity contribution >= 4 is 0 Å². The van der Waals surface area contributed by atoms with Gasteiger partial charge in [0, 0.05) is 0 Å². The van der Waals surface area contributed by atoms with Gasteiger partial charge in [0.15, 0.2) is 0 Å². The first-order valence-corrected chi connectivity index (χ1v) is 5.15. The Balaban J connectivity index is 4.24. The van der Waals surface area contributed by atoms with Gasteiger partial charge in [-0.15, -0.1) is 0 Å². The molecule has 0 aromatic carbocycles. The molecule has 0 nitrogen and oxygen atoms in total. The van der Waals surface area contributed by atoms with Gasteiger partial charge in [0.25, 0.3) is 0 Å². The Bertz CT molecular complexity index is 311. The van der Waals surface area contributed by atoms with Crippen molar-refractivity contribution in [3.8, 4) is 0 Å². The summed E-state index contributed by atoms with van der Waals surface area (Å²) in [6, 6.07) is 0. The van der Waals surface area contributed by atoms with Crippen LogP contribution >= 0.6 is 0 Å². The summed E-state index contributed by atoms with van der Waals surface area (Å²) < 4.78 is 0. The standard InChI is InChI=1S/C15H20/c1-6-8-10-14(4)15(5)12-11-13(3)9-7-2/h6,8,10-12H,1,3-5,7,9H2,2H3/b10-8-,12-11-. The van der Waals surface area contributed by atoms with Gasteiger partial charge in [-0.3, -0.25) is 0 Å². The van der Waals surface area contributed by atoms with E-state index in [-0.39, 0.29) is 0 Å². The molecule has 15 heavy (non-hydrogen) atoms.